The zero-order chi connectivity index (χ0) is 29.9. The third-order valence-electron chi connectivity index (χ3n) is 7.65. The molecule has 1 aliphatic heterocycles. The predicted octanol–water partition coefficient (Wildman–Crippen LogP) is 3.85. The SMILES string of the molecule is CC(C)N1Cc2cc(-c3ccc(CC(NC(=O)C4(NC(=O)OC(C)(C)C)CCCCC4)C(N)=O)cc3)cnc2C1=O. The number of alkyl carbamates (subject to hydrolysis) is 1. The molecule has 4 N–H and O–H groups in total. The fraction of sp³-hybridized carbons (Fsp3) is 0.516. The molecule has 1 aromatic heterocycles. The highest BCUT2D eigenvalue weighted by Gasteiger charge is 2.43. The van der Waals surface area contributed by atoms with Crippen molar-refractivity contribution in [1.29, 1.82) is 0 Å². The summed E-state index contributed by atoms with van der Waals surface area (Å²) >= 11 is 0. The molecule has 2 aliphatic rings. The molecule has 41 heavy (non-hydrogen) atoms. The van der Waals surface area contributed by atoms with Gasteiger partial charge in [0.25, 0.3) is 5.91 Å². The average molecular weight is 564 g/mol. The maximum Gasteiger partial charge on any atom is 0.408 e. The fourth-order valence-corrected chi connectivity index (χ4v) is 5.44. The second-order valence-electron chi connectivity index (χ2n) is 12.4. The predicted molar refractivity (Wildman–Crippen MR) is 155 cm³/mol. The van der Waals surface area contributed by atoms with Gasteiger partial charge < -0.3 is 26.0 Å². The highest BCUT2D eigenvalue weighted by atomic mass is 16.6. The van der Waals surface area contributed by atoms with Crippen LogP contribution >= 0.6 is 0 Å². The maximum atomic E-state index is 13.5. The van der Waals surface area contributed by atoms with Gasteiger partial charge in [-0.3, -0.25) is 19.4 Å². The summed E-state index contributed by atoms with van der Waals surface area (Å²) in [5.74, 6) is -1.14. The van der Waals surface area contributed by atoms with Gasteiger partial charge >= 0.3 is 6.09 Å². The third-order valence-corrected chi connectivity index (χ3v) is 7.65. The number of aromatic nitrogens is 1. The Bertz CT molecular complexity index is 1310. The van der Waals surface area contributed by atoms with Crippen LogP contribution in [0.3, 0.4) is 0 Å². The van der Waals surface area contributed by atoms with Crippen LogP contribution in [0.5, 0.6) is 0 Å². The lowest BCUT2D eigenvalue weighted by atomic mass is 9.80. The maximum absolute atomic E-state index is 13.5. The minimum absolute atomic E-state index is 0.0484. The number of rotatable bonds is 8. The van der Waals surface area contributed by atoms with Crippen molar-refractivity contribution in [2.24, 2.45) is 5.73 Å². The number of hydrogen-bond donors (Lipinski definition) is 3. The van der Waals surface area contributed by atoms with E-state index in [2.05, 4.69) is 15.6 Å². The Hall–Kier alpha value is -3.95. The number of amides is 4. The number of carbonyl (C=O) groups is 4. The van der Waals surface area contributed by atoms with Crippen LogP contribution in [0.2, 0.25) is 0 Å². The summed E-state index contributed by atoms with van der Waals surface area (Å²) in [4.78, 5) is 57.3. The quantitative estimate of drug-likeness (QED) is 0.445. The van der Waals surface area contributed by atoms with Crippen molar-refractivity contribution in [3.8, 4) is 11.1 Å². The monoisotopic (exact) mass is 563 g/mol. The summed E-state index contributed by atoms with van der Waals surface area (Å²) in [6.07, 6.45) is 4.64. The Morgan fingerprint density at radius 2 is 1.73 bits per heavy atom. The Balaban J connectivity index is 1.46. The molecule has 0 bridgehead atoms. The molecule has 220 valence electrons. The number of fused-ring (bicyclic) bond motifs is 1. The van der Waals surface area contributed by atoms with E-state index in [1.54, 1.807) is 31.9 Å². The smallest absolute Gasteiger partial charge is 0.408 e. The zero-order valence-electron chi connectivity index (χ0n) is 24.6. The summed E-state index contributed by atoms with van der Waals surface area (Å²) in [5, 5.41) is 5.60. The topological polar surface area (TPSA) is 144 Å². The van der Waals surface area contributed by atoms with Gasteiger partial charge in [0.1, 0.15) is 22.9 Å². The average Bonchev–Trinajstić information content (AvgIpc) is 3.24. The van der Waals surface area contributed by atoms with Crippen molar-refractivity contribution in [2.75, 3.05) is 0 Å². The standard InChI is InChI=1S/C31H41N5O5/c1-19(2)36-18-23-16-22(17-33-25(23)27(36)38)21-11-9-20(10-12-21)15-24(26(32)37)34-28(39)31(13-7-6-8-14-31)35-29(40)41-30(3,4)5/h9-12,16-17,19,24H,6-8,13-15,18H2,1-5H3,(H2,32,37)(H,34,39)(H,35,40). The first-order valence-corrected chi connectivity index (χ1v) is 14.3. The highest BCUT2D eigenvalue weighted by molar-refractivity contribution is 5.97. The van der Waals surface area contributed by atoms with Crippen molar-refractivity contribution in [3.05, 3.63) is 53.3 Å². The summed E-state index contributed by atoms with van der Waals surface area (Å²) in [6.45, 7) is 9.79. The number of primary amides is 1. The molecule has 1 saturated carbocycles. The molecule has 4 rings (SSSR count). The number of ether oxygens (including phenoxy) is 1. The lowest BCUT2D eigenvalue weighted by Crippen LogP contribution is -2.63. The van der Waals surface area contributed by atoms with Crippen LogP contribution < -0.4 is 16.4 Å². The van der Waals surface area contributed by atoms with Gasteiger partial charge in [0, 0.05) is 36.3 Å². The Morgan fingerprint density at radius 1 is 1.07 bits per heavy atom. The Kier molecular flexibility index (Phi) is 8.70. The van der Waals surface area contributed by atoms with Crippen LogP contribution in [0.4, 0.5) is 4.79 Å². The first kappa shape index (κ1) is 30.0. The number of hydrogen-bond acceptors (Lipinski definition) is 6. The van der Waals surface area contributed by atoms with E-state index in [0.717, 1.165) is 41.5 Å². The normalized spacial score (nSPS) is 17.1. The molecule has 0 spiro atoms. The minimum atomic E-state index is -1.16. The molecule has 1 unspecified atom stereocenters. The van der Waals surface area contributed by atoms with E-state index in [1.165, 1.54) is 0 Å². The second-order valence-corrected chi connectivity index (χ2v) is 12.4. The van der Waals surface area contributed by atoms with E-state index in [9.17, 15) is 19.2 Å². The molecular weight excluding hydrogens is 522 g/mol. The number of nitrogens with one attached hydrogen (secondary N) is 2. The third kappa shape index (κ3) is 7.04. The summed E-state index contributed by atoms with van der Waals surface area (Å²) in [5.41, 5.74) is 7.85. The second kappa shape index (κ2) is 11.9. The molecule has 1 aromatic carbocycles. The van der Waals surface area contributed by atoms with Crippen LogP contribution in [0.15, 0.2) is 36.5 Å². The van der Waals surface area contributed by atoms with Crippen LogP contribution in [0.1, 0.15) is 88.3 Å². The lowest BCUT2D eigenvalue weighted by molar-refractivity contribution is -0.133. The summed E-state index contributed by atoms with van der Waals surface area (Å²) < 4.78 is 5.41. The number of carbonyl (C=O) groups excluding carboxylic acids is 4. The van der Waals surface area contributed by atoms with E-state index in [4.69, 9.17) is 10.5 Å². The first-order valence-electron chi connectivity index (χ1n) is 14.3. The van der Waals surface area contributed by atoms with Gasteiger partial charge in [0.15, 0.2) is 0 Å². The molecule has 0 saturated heterocycles. The van der Waals surface area contributed by atoms with Gasteiger partial charge in [-0.2, -0.15) is 0 Å². The van der Waals surface area contributed by atoms with Gasteiger partial charge in [-0.1, -0.05) is 43.5 Å². The number of nitrogens with two attached hydrogens (primary N) is 1. The van der Waals surface area contributed by atoms with E-state index in [1.807, 2.05) is 44.2 Å². The minimum Gasteiger partial charge on any atom is -0.444 e. The Morgan fingerprint density at radius 3 is 2.32 bits per heavy atom. The zero-order valence-corrected chi connectivity index (χ0v) is 24.6. The van der Waals surface area contributed by atoms with Crippen molar-refractivity contribution < 1.29 is 23.9 Å². The molecule has 4 amide bonds. The molecule has 0 radical (unpaired) electrons. The molecular formula is C31H41N5O5. The van der Waals surface area contributed by atoms with E-state index >= 15 is 0 Å². The van der Waals surface area contributed by atoms with E-state index in [-0.39, 0.29) is 18.4 Å². The van der Waals surface area contributed by atoms with Crippen molar-refractivity contribution in [2.45, 2.75) is 103 Å². The molecule has 2 aromatic rings. The van der Waals surface area contributed by atoms with Crippen LogP contribution in [0.25, 0.3) is 11.1 Å². The highest BCUT2D eigenvalue weighted by Crippen LogP contribution is 2.30. The van der Waals surface area contributed by atoms with Gasteiger partial charge in [0.05, 0.1) is 0 Å². The molecule has 1 aliphatic carbocycles. The largest absolute Gasteiger partial charge is 0.444 e. The summed E-state index contributed by atoms with van der Waals surface area (Å²) in [6, 6.07) is 8.73. The molecule has 1 atom stereocenters. The van der Waals surface area contributed by atoms with Gasteiger partial charge in [0.2, 0.25) is 11.8 Å². The van der Waals surface area contributed by atoms with Gasteiger partial charge in [-0.05, 0) is 64.7 Å². The molecule has 10 nitrogen and oxygen atoms in total. The lowest BCUT2D eigenvalue weighted by Gasteiger charge is -2.37. The van der Waals surface area contributed by atoms with Crippen LogP contribution in [-0.2, 0) is 27.3 Å². The van der Waals surface area contributed by atoms with Gasteiger partial charge in [-0.25, -0.2) is 4.79 Å². The van der Waals surface area contributed by atoms with Crippen molar-refractivity contribution in [3.63, 3.8) is 0 Å². The number of pyridine rings is 1. The Labute approximate surface area is 241 Å². The fourth-order valence-electron chi connectivity index (χ4n) is 5.44. The van der Waals surface area contributed by atoms with Crippen molar-refractivity contribution in [1.82, 2.24) is 20.5 Å². The van der Waals surface area contributed by atoms with E-state index in [0.29, 0.717) is 25.1 Å². The van der Waals surface area contributed by atoms with Crippen LogP contribution in [-0.4, -0.2) is 56.9 Å². The number of nitrogens with zero attached hydrogens (tertiary/aromatic N) is 2. The molecule has 10 heteroatoms. The first-order chi connectivity index (χ1) is 19.3. The molecule has 1 fully saturated rings. The number of benzene rings is 1. The van der Waals surface area contributed by atoms with Crippen molar-refractivity contribution >= 4 is 23.8 Å². The van der Waals surface area contributed by atoms with Gasteiger partial charge in [-0.15, -0.1) is 0 Å². The summed E-state index contributed by atoms with van der Waals surface area (Å²) in [7, 11) is 0. The van der Waals surface area contributed by atoms with Crippen LogP contribution in [0, 0.1) is 0 Å². The molecule has 2 heterocycles. The van der Waals surface area contributed by atoms with E-state index < -0.39 is 35.1 Å².